The van der Waals surface area contributed by atoms with Gasteiger partial charge in [-0.05, 0) is 42.8 Å². The standard InChI is InChI=1S/C15H11F6N3O.C7H16N2/c16-14(17,18)10-5-11(15(19,20)21)7-12(6-10)23-24-13(25)4-9-2-1-3-22-8-9;1-2-5-9-6-3-8-4-7-9/h1-3,5-8,23H,4H2,(H,24,25);8H,2-7H2,1H3. The average Bonchev–Trinajstić information content (AvgIpc) is 2.78. The van der Waals surface area contributed by atoms with Crippen LogP contribution in [0.1, 0.15) is 30.0 Å². The van der Waals surface area contributed by atoms with Gasteiger partial charge in [-0.1, -0.05) is 13.0 Å². The first-order valence-corrected chi connectivity index (χ1v) is 10.7. The summed E-state index contributed by atoms with van der Waals surface area (Å²) in [5, 5.41) is 3.33. The number of piperazine rings is 1. The van der Waals surface area contributed by atoms with E-state index in [0.717, 1.165) is 0 Å². The van der Waals surface area contributed by atoms with Gasteiger partial charge in [0.05, 0.1) is 23.2 Å². The molecule has 1 aliphatic rings. The van der Waals surface area contributed by atoms with Gasteiger partial charge in [0.1, 0.15) is 0 Å². The van der Waals surface area contributed by atoms with Crippen LogP contribution >= 0.6 is 0 Å². The Hall–Kier alpha value is -2.86. The van der Waals surface area contributed by atoms with E-state index in [9.17, 15) is 31.1 Å². The predicted molar refractivity (Wildman–Crippen MR) is 116 cm³/mol. The molecule has 0 atom stereocenters. The van der Waals surface area contributed by atoms with Crippen molar-refractivity contribution in [1.29, 1.82) is 0 Å². The normalized spacial score (nSPS) is 14.7. The van der Waals surface area contributed by atoms with Crippen LogP contribution in [-0.4, -0.2) is 48.5 Å². The number of carbonyl (C=O) groups excluding carboxylic acids is 1. The molecule has 0 bridgehead atoms. The molecule has 6 nitrogen and oxygen atoms in total. The summed E-state index contributed by atoms with van der Waals surface area (Å²) in [6.07, 6.45) is -5.88. The first-order valence-electron chi connectivity index (χ1n) is 10.7. The van der Waals surface area contributed by atoms with Gasteiger partial charge < -0.3 is 10.2 Å². The molecule has 3 N–H and O–H groups in total. The molecular formula is C22H27F6N5O. The summed E-state index contributed by atoms with van der Waals surface area (Å²) in [5.74, 6) is -0.654. The third-order valence-electron chi connectivity index (χ3n) is 4.77. The number of hydrazine groups is 1. The lowest BCUT2D eigenvalue weighted by molar-refractivity contribution is -0.143. The van der Waals surface area contributed by atoms with Crippen LogP contribution in [0, 0.1) is 0 Å². The summed E-state index contributed by atoms with van der Waals surface area (Å²) in [5.41, 5.74) is 1.15. The second-order valence-electron chi connectivity index (χ2n) is 7.60. The van der Waals surface area contributed by atoms with Crippen molar-refractivity contribution in [1.82, 2.24) is 20.6 Å². The van der Waals surface area contributed by atoms with Crippen molar-refractivity contribution in [3.8, 4) is 0 Å². The van der Waals surface area contributed by atoms with Crippen molar-refractivity contribution in [2.75, 3.05) is 38.1 Å². The minimum atomic E-state index is -4.96. The number of nitrogens with one attached hydrogen (secondary N) is 3. The molecule has 1 aromatic carbocycles. The summed E-state index contributed by atoms with van der Waals surface area (Å²) in [6, 6.07) is 4.12. The van der Waals surface area contributed by atoms with Crippen LogP contribution in [0.25, 0.3) is 0 Å². The highest BCUT2D eigenvalue weighted by atomic mass is 19.4. The van der Waals surface area contributed by atoms with Gasteiger partial charge in [-0.25, -0.2) is 0 Å². The van der Waals surface area contributed by atoms with Crippen LogP contribution in [0.3, 0.4) is 0 Å². The number of halogens is 6. The monoisotopic (exact) mass is 491 g/mol. The van der Waals surface area contributed by atoms with Crippen molar-refractivity contribution in [3.05, 3.63) is 59.4 Å². The molecular weight excluding hydrogens is 464 g/mol. The van der Waals surface area contributed by atoms with Crippen molar-refractivity contribution >= 4 is 11.6 Å². The third-order valence-corrected chi connectivity index (χ3v) is 4.77. The number of benzene rings is 1. The molecule has 1 aliphatic heterocycles. The smallest absolute Gasteiger partial charge is 0.314 e. The molecule has 3 rings (SSSR count). The van der Waals surface area contributed by atoms with Crippen LogP contribution < -0.4 is 16.2 Å². The Bertz CT molecular complexity index is 864. The van der Waals surface area contributed by atoms with E-state index in [1.54, 1.807) is 12.1 Å². The molecule has 0 radical (unpaired) electrons. The van der Waals surface area contributed by atoms with Crippen molar-refractivity contribution < 1.29 is 31.1 Å². The largest absolute Gasteiger partial charge is 0.416 e. The number of aromatic nitrogens is 1. The second kappa shape index (κ2) is 12.6. The van der Waals surface area contributed by atoms with E-state index in [2.05, 4.69) is 33.0 Å². The number of anilines is 1. The van der Waals surface area contributed by atoms with Crippen LogP contribution in [0.15, 0.2) is 42.7 Å². The molecule has 12 heteroatoms. The van der Waals surface area contributed by atoms with E-state index >= 15 is 0 Å². The summed E-state index contributed by atoms with van der Waals surface area (Å²) in [6.45, 7) is 8.37. The summed E-state index contributed by atoms with van der Waals surface area (Å²) >= 11 is 0. The van der Waals surface area contributed by atoms with E-state index in [1.165, 1.54) is 51.5 Å². The van der Waals surface area contributed by atoms with Crippen molar-refractivity contribution in [2.45, 2.75) is 32.1 Å². The minimum absolute atomic E-state index is 0.00262. The predicted octanol–water partition coefficient (Wildman–Crippen LogP) is 4.11. The molecule has 2 heterocycles. The van der Waals surface area contributed by atoms with Gasteiger partial charge in [-0.15, -0.1) is 0 Å². The fourth-order valence-corrected chi connectivity index (χ4v) is 3.15. The van der Waals surface area contributed by atoms with Gasteiger partial charge >= 0.3 is 12.4 Å². The Labute approximate surface area is 193 Å². The lowest BCUT2D eigenvalue weighted by Crippen LogP contribution is -2.43. The van der Waals surface area contributed by atoms with E-state index in [-0.39, 0.29) is 12.5 Å². The molecule has 0 aliphatic carbocycles. The maximum Gasteiger partial charge on any atom is 0.416 e. The van der Waals surface area contributed by atoms with Gasteiger partial charge in [0, 0.05) is 38.6 Å². The van der Waals surface area contributed by atoms with Crippen molar-refractivity contribution in [3.63, 3.8) is 0 Å². The van der Waals surface area contributed by atoms with Crippen LogP contribution in [0.5, 0.6) is 0 Å². The second-order valence-corrected chi connectivity index (χ2v) is 7.60. The molecule has 188 valence electrons. The number of hydrogen-bond acceptors (Lipinski definition) is 5. The Kier molecular flexibility index (Phi) is 10.1. The number of amides is 1. The van der Waals surface area contributed by atoms with E-state index in [0.29, 0.717) is 17.7 Å². The maximum atomic E-state index is 12.7. The zero-order valence-electron chi connectivity index (χ0n) is 18.6. The number of alkyl halides is 6. The Morgan fingerprint density at radius 1 is 1.06 bits per heavy atom. The number of hydrogen-bond donors (Lipinski definition) is 3. The quantitative estimate of drug-likeness (QED) is 0.419. The van der Waals surface area contributed by atoms with Gasteiger partial charge in [0.25, 0.3) is 0 Å². The van der Waals surface area contributed by atoms with Crippen molar-refractivity contribution in [2.24, 2.45) is 0 Å². The first kappa shape index (κ1) is 27.4. The molecule has 0 saturated carbocycles. The fourth-order valence-electron chi connectivity index (χ4n) is 3.15. The number of nitrogens with zero attached hydrogens (tertiary/aromatic N) is 2. The highest BCUT2D eigenvalue weighted by molar-refractivity contribution is 5.79. The third kappa shape index (κ3) is 9.56. The lowest BCUT2D eigenvalue weighted by Gasteiger charge is -2.26. The summed E-state index contributed by atoms with van der Waals surface area (Å²) in [4.78, 5) is 18.0. The molecule has 1 fully saturated rings. The maximum absolute atomic E-state index is 12.7. The average molecular weight is 491 g/mol. The molecule has 34 heavy (non-hydrogen) atoms. The van der Waals surface area contributed by atoms with E-state index in [1.807, 2.05) is 0 Å². The molecule has 1 aromatic heterocycles. The Balaban J connectivity index is 0.000000379. The number of pyridine rings is 1. The molecule has 0 unspecified atom stereocenters. The molecule has 1 saturated heterocycles. The lowest BCUT2D eigenvalue weighted by atomic mass is 10.1. The van der Waals surface area contributed by atoms with Crippen LogP contribution in [0.2, 0.25) is 0 Å². The Morgan fingerprint density at radius 3 is 2.18 bits per heavy atom. The van der Waals surface area contributed by atoms with E-state index in [4.69, 9.17) is 0 Å². The topological polar surface area (TPSA) is 69.3 Å². The molecule has 1 amide bonds. The fraction of sp³-hybridized carbons (Fsp3) is 0.455. The highest BCUT2D eigenvalue weighted by Crippen LogP contribution is 2.37. The van der Waals surface area contributed by atoms with Gasteiger partial charge in [0.2, 0.25) is 5.91 Å². The van der Waals surface area contributed by atoms with E-state index < -0.39 is 35.1 Å². The van der Waals surface area contributed by atoms with Gasteiger partial charge in [-0.3, -0.25) is 20.6 Å². The SMILES string of the molecule is CCCN1CCNCC1.O=C(Cc1cccnc1)NNc1cc(C(F)(F)F)cc(C(F)(F)F)c1. The first-order chi connectivity index (χ1) is 16.0. The van der Waals surface area contributed by atoms with Crippen LogP contribution in [-0.2, 0) is 23.6 Å². The minimum Gasteiger partial charge on any atom is -0.314 e. The summed E-state index contributed by atoms with van der Waals surface area (Å²) < 4.78 is 76.4. The Morgan fingerprint density at radius 2 is 1.68 bits per heavy atom. The molecule has 2 aromatic rings. The van der Waals surface area contributed by atoms with Crippen LogP contribution in [0.4, 0.5) is 32.0 Å². The zero-order valence-corrected chi connectivity index (χ0v) is 18.6. The van der Waals surface area contributed by atoms with Gasteiger partial charge in [0.15, 0.2) is 0 Å². The number of rotatable bonds is 6. The zero-order chi connectivity index (χ0) is 25.2. The highest BCUT2D eigenvalue weighted by Gasteiger charge is 2.37. The number of carbonyl (C=O) groups is 1. The summed E-state index contributed by atoms with van der Waals surface area (Å²) in [7, 11) is 0. The van der Waals surface area contributed by atoms with Gasteiger partial charge in [-0.2, -0.15) is 26.3 Å². The molecule has 0 spiro atoms.